The third-order valence-corrected chi connectivity index (χ3v) is 3.79. The number of amides is 1. The lowest BCUT2D eigenvalue weighted by atomic mass is 9.92. The number of nitrogens with zero attached hydrogens (tertiary/aromatic N) is 2. The summed E-state index contributed by atoms with van der Waals surface area (Å²) in [6, 6.07) is 2.74. The van der Waals surface area contributed by atoms with Gasteiger partial charge in [-0.05, 0) is 37.3 Å². The lowest BCUT2D eigenvalue weighted by Crippen LogP contribution is -2.40. The van der Waals surface area contributed by atoms with E-state index >= 15 is 0 Å². The zero-order valence-electron chi connectivity index (χ0n) is 12.8. The van der Waals surface area contributed by atoms with Gasteiger partial charge < -0.3 is 10.2 Å². The monoisotopic (exact) mass is 292 g/mol. The summed E-state index contributed by atoms with van der Waals surface area (Å²) in [4.78, 5) is 25.2. The van der Waals surface area contributed by atoms with Gasteiger partial charge in [0.05, 0.1) is 0 Å². The van der Waals surface area contributed by atoms with Gasteiger partial charge in [0.2, 0.25) is 0 Å². The first-order valence-corrected chi connectivity index (χ1v) is 7.61. The van der Waals surface area contributed by atoms with Gasteiger partial charge in [-0.3, -0.25) is 9.59 Å². The number of aromatic amines is 1. The second-order valence-corrected chi connectivity index (χ2v) is 6.12. The number of rotatable bonds is 5. The molecule has 0 radical (unpaired) electrons. The van der Waals surface area contributed by atoms with Crippen LogP contribution in [0.2, 0.25) is 0 Å². The van der Waals surface area contributed by atoms with E-state index in [4.69, 9.17) is 0 Å². The van der Waals surface area contributed by atoms with E-state index in [0.29, 0.717) is 6.54 Å². The van der Waals surface area contributed by atoms with Crippen LogP contribution in [0.1, 0.15) is 37.2 Å². The summed E-state index contributed by atoms with van der Waals surface area (Å²) in [5.41, 5.74) is -0.0605. The van der Waals surface area contributed by atoms with Crippen LogP contribution >= 0.6 is 0 Å². The number of piperidine rings is 1. The predicted octanol–water partition coefficient (Wildman–Crippen LogP) is 0.868. The Labute approximate surface area is 124 Å². The molecule has 2 atom stereocenters. The van der Waals surface area contributed by atoms with Gasteiger partial charge in [0.25, 0.3) is 11.5 Å². The molecular formula is C15H24N4O2. The molecule has 6 nitrogen and oxygen atoms in total. The van der Waals surface area contributed by atoms with E-state index in [9.17, 15) is 9.59 Å². The van der Waals surface area contributed by atoms with E-state index in [1.54, 1.807) is 0 Å². The fourth-order valence-electron chi connectivity index (χ4n) is 3.04. The molecular weight excluding hydrogens is 268 g/mol. The lowest BCUT2D eigenvalue weighted by molar-refractivity contribution is 0.0941. The second-order valence-electron chi connectivity index (χ2n) is 6.12. The maximum Gasteiger partial charge on any atom is 0.271 e. The SMILES string of the molecule is C[C@@H]1C[C@H](C)CN(CCCNC(=O)c2ccc(=O)[nH]n2)C1. The zero-order valence-corrected chi connectivity index (χ0v) is 12.8. The van der Waals surface area contributed by atoms with Crippen LogP contribution in [-0.4, -0.2) is 47.2 Å². The smallest absolute Gasteiger partial charge is 0.271 e. The molecule has 0 aliphatic carbocycles. The topological polar surface area (TPSA) is 78.1 Å². The van der Waals surface area contributed by atoms with Crippen LogP contribution in [0.25, 0.3) is 0 Å². The third-order valence-electron chi connectivity index (χ3n) is 3.79. The molecule has 6 heteroatoms. The van der Waals surface area contributed by atoms with Crippen molar-refractivity contribution in [1.29, 1.82) is 0 Å². The first-order chi connectivity index (χ1) is 10.0. The normalized spacial score (nSPS) is 23.0. The number of carbonyl (C=O) groups is 1. The van der Waals surface area contributed by atoms with Crippen LogP contribution < -0.4 is 10.9 Å². The Morgan fingerprint density at radius 3 is 2.71 bits per heavy atom. The minimum Gasteiger partial charge on any atom is -0.351 e. The molecule has 0 aromatic carbocycles. The Balaban J connectivity index is 1.68. The first-order valence-electron chi connectivity index (χ1n) is 7.61. The van der Waals surface area contributed by atoms with Gasteiger partial charge in [-0.1, -0.05) is 13.8 Å². The summed E-state index contributed by atoms with van der Waals surface area (Å²) in [6.07, 6.45) is 2.24. The number of hydrogen-bond acceptors (Lipinski definition) is 4. The Bertz CT molecular complexity index is 498. The minimum absolute atomic E-state index is 0.244. The van der Waals surface area contributed by atoms with Crippen LogP contribution in [0.5, 0.6) is 0 Å². The van der Waals surface area contributed by atoms with Crippen LogP contribution in [0.15, 0.2) is 16.9 Å². The van der Waals surface area contributed by atoms with Gasteiger partial charge >= 0.3 is 0 Å². The van der Waals surface area contributed by atoms with Crippen molar-refractivity contribution < 1.29 is 4.79 Å². The summed E-state index contributed by atoms with van der Waals surface area (Å²) in [7, 11) is 0. The molecule has 2 N–H and O–H groups in total. The van der Waals surface area contributed by atoms with E-state index in [2.05, 4.69) is 34.3 Å². The van der Waals surface area contributed by atoms with Crippen molar-refractivity contribution >= 4 is 5.91 Å². The number of carbonyl (C=O) groups excluding carboxylic acids is 1. The van der Waals surface area contributed by atoms with Crippen molar-refractivity contribution in [2.45, 2.75) is 26.7 Å². The van der Waals surface area contributed by atoms with E-state index in [0.717, 1.165) is 37.9 Å². The van der Waals surface area contributed by atoms with Crippen molar-refractivity contribution in [2.24, 2.45) is 11.8 Å². The fourth-order valence-corrected chi connectivity index (χ4v) is 3.04. The molecule has 2 rings (SSSR count). The number of H-pyrrole nitrogens is 1. The number of likely N-dealkylation sites (tertiary alicyclic amines) is 1. The van der Waals surface area contributed by atoms with Crippen molar-refractivity contribution in [2.75, 3.05) is 26.2 Å². The van der Waals surface area contributed by atoms with Crippen molar-refractivity contribution in [1.82, 2.24) is 20.4 Å². The molecule has 1 aromatic rings. The standard InChI is InChI=1S/C15H24N4O2/c1-11-8-12(2)10-19(9-11)7-3-6-16-15(21)13-4-5-14(20)18-17-13/h4-5,11-12H,3,6-10H2,1-2H3,(H,16,21)(H,18,20)/t11-,12+. The van der Waals surface area contributed by atoms with Crippen molar-refractivity contribution in [3.8, 4) is 0 Å². The largest absolute Gasteiger partial charge is 0.351 e. The van der Waals surface area contributed by atoms with Gasteiger partial charge in [0.15, 0.2) is 0 Å². The third kappa shape index (κ3) is 4.97. The maximum atomic E-state index is 11.8. The van der Waals surface area contributed by atoms with E-state index in [-0.39, 0.29) is 17.2 Å². The highest BCUT2D eigenvalue weighted by molar-refractivity contribution is 5.91. The quantitative estimate of drug-likeness (QED) is 0.789. The predicted molar refractivity (Wildman–Crippen MR) is 81.2 cm³/mol. The molecule has 0 unspecified atom stereocenters. The molecule has 1 amide bonds. The van der Waals surface area contributed by atoms with Crippen molar-refractivity contribution in [3.63, 3.8) is 0 Å². The average molecular weight is 292 g/mol. The summed E-state index contributed by atoms with van der Waals surface area (Å²) in [5, 5.41) is 8.79. The Morgan fingerprint density at radius 1 is 1.38 bits per heavy atom. The highest BCUT2D eigenvalue weighted by atomic mass is 16.2. The molecule has 0 bridgehead atoms. The van der Waals surface area contributed by atoms with E-state index in [1.807, 2.05) is 0 Å². The van der Waals surface area contributed by atoms with E-state index in [1.165, 1.54) is 18.6 Å². The van der Waals surface area contributed by atoms with Crippen LogP contribution in [0, 0.1) is 11.8 Å². The van der Waals surface area contributed by atoms with Gasteiger partial charge in [0.1, 0.15) is 5.69 Å². The van der Waals surface area contributed by atoms with Crippen LogP contribution in [-0.2, 0) is 0 Å². The number of aromatic nitrogens is 2. The molecule has 0 spiro atoms. The Hall–Kier alpha value is -1.69. The Kier molecular flexibility index (Phi) is 5.50. The van der Waals surface area contributed by atoms with Crippen LogP contribution in [0.3, 0.4) is 0 Å². The molecule has 0 saturated carbocycles. The van der Waals surface area contributed by atoms with E-state index < -0.39 is 0 Å². The van der Waals surface area contributed by atoms with Gasteiger partial charge in [-0.15, -0.1) is 0 Å². The Morgan fingerprint density at radius 2 is 2.10 bits per heavy atom. The zero-order chi connectivity index (χ0) is 15.2. The highest BCUT2D eigenvalue weighted by Gasteiger charge is 2.21. The summed E-state index contributed by atoms with van der Waals surface area (Å²) >= 11 is 0. The lowest BCUT2D eigenvalue weighted by Gasteiger charge is -2.34. The highest BCUT2D eigenvalue weighted by Crippen LogP contribution is 2.20. The van der Waals surface area contributed by atoms with Crippen molar-refractivity contribution in [3.05, 3.63) is 28.2 Å². The summed E-state index contributed by atoms with van der Waals surface area (Å²) < 4.78 is 0. The second kappa shape index (κ2) is 7.36. The van der Waals surface area contributed by atoms with Gasteiger partial charge in [-0.25, -0.2) is 5.10 Å². The molecule has 21 heavy (non-hydrogen) atoms. The minimum atomic E-state index is -0.306. The maximum absolute atomic E-state index is 11.8. The molecule has 1 aliphatic rings. The molecule has 116 valence electrons. The van der Waals surface area contributed by atoms with Gasteiger partial charge in [-0.2, -0.15) is 5.10 Å². The molecule has 2 heterocycles. The van der Waals surface area contributed by atoms with Gasteiger partial charge in [0, 0.05) is 25.7 Å². The number of nitrogens with one attached hydrogen (secondary N) is 2. The average Bonchev–Trinajstić information content (AvgIpc) is 2.43. The fraction of sp³-hybridized carbons (Fsp3) is 0.667. The first kappa shape index (κ1) is 15.7. The molecule has 1 aliphatic heterocycles. The molecule has 1 fully saturated rings. The molecule has 1 aromatic heterocycles. The molecule has 1 saturated heterocycles. The summed E-state index contributed by atoms with van der Waals surface area (Å²) in [6.45, 7) is 8.53. The van der Waals surface area contributed by atoms with Crippen LogP contribution in [0.4, 0.5) is 0 Å². The summed E-state index contributed by atoms with van der Waals surface area (Å²) in [5.74, 6) is 1.27. The number of hydrogen-bond donors (Lipinski definition) is 2.